The van der Waals surface area contributed by atoms with Crippen LogP contribution in [0.3, 0.4) is 0 Å². The summed E-state index contributed by atoms with van der Waals surface area (Å²) in [6.07, 6.45) is -2.80. The lowest BCUT2D eigenvalue weighted by Crippen LogP contribution is -2.48. The van der Waals surface area contributed by atoms with Crippen LogP contribution < -0.4 is 0 Å². The first kappa shape index (κ1) is 12.7. The number of likely N-dealkylation sites (tertiary alicyclic amines) is 1. The number of nitrogens with zero attached hydrogens (tertiary/aromatic N) is 3. The molecule has 0 saturated carbocycles. The van der Waals surface area contributed by atoms with Crippen LogP contribution in [-0.2, 0) is 0 Å². The molecule has 1 amide bonds. The van der Waals surface area contributed by atoms with Gasteiger partial charge in [0.1, 0.15) is 0 Å². The second-order valence-corrected chi connectivity index (χ2v) is 4.14. The minimum Gasteiger partial charge on any atom is -0.379 e. The van der Waals surface area contributed by atoms with E-state index < -0.39 is 30.7 Å². The zero-order valence-electron chi connectivity index (χ0n) is 9.18. The Kier molecular flexibility index (Phi) is 2.97. The highest BCUT2D eigenvalue weighted by molar-refractivity contribution is 5.94. The normalized spacial score (nSPS) is 24.3. The van der Waals surface area contributed by atoms with Crippen LogP contribution >= 0.6 is 0 Å². The maximum Gasteiger partial charge on any atom is 0.419 e. The van der Waals surface area contributed by atoms with Crippen molar-refractivity contribution < 1.29 is 23.1 Å². The van der Waals surface area contributed by atoms with Gasteiger partial charge in [-0.15, -0.1) is 0 Å². The van der Waals surface area contributed by atoms with E-state index in [0.29, 0.717) is 0 Å². The van der Waals surface area contributed by atoms with E-state index in [1.54, 1.807) is 0 Å². The fraction of sp³-hybridized carbons (Fsp3) is 0.500. The molecule has 1 N–H and O–H groups in total. The lowest BCUT2D eigenvalue weighted by molar-refractivity contribution is -0.253. The number of alkyl halides is 3. The Balaban J connectivity index is 2.13. The number of β-amino-alcohol motifs (C(OH)–C–C–N with tert-alkyl or cyclic N) is 1. The van der Waals surface area contributed by atoms with E-state index in [2.05, 4.69) is 10.2 Å². The largest absolute Gasteiger partial charge is 0.419 e. The van der Waals surface area contributed by atoms with Crippen LogP contribution in [0.4, 0.5) is 13.2 Å². The van der Waals surface area contributed by atoms with Crippen molar-refractivity contribution in [3.63, 3.8) is 0 Å². The molecule has 5 nitrogen and oxygen atoms in total. The maximum absolute atomic E-state index is 12.6. The van der Waals surface area contributed by atoms with Crippen molar-refractivity contribution in [1.82, 2.24) is 15.1 Å². The number of carbonyl (C=O) groups is 1. The molecule has 1 atom stereocenters. The van der Waals surface area contributed by atoms with Gasteiger partial charge in [-0.05, 0) is 6.07 Å². The summed E-state index contributed by atoms with van der Waals surface area (Å²) in [5, 5.41) is 16.4. The number of amides is 1. The highest BCUT2D eigenvalue weighted by atomic mass is 19.4. The molecule has 0 spiro atoms. The minimum atomic E-state index is -4.74. The lowest BCUT2D eigenvalue weighted by Gasteiger charge is -2.25. The molecule has 2 heterocycles. The Morgan fingerprint density at radius 2 is 2.17 bits per heavy atom. The van der Waals surface area contributed by atoms with Gasteiger partial charge < -0.3 is 10.0 Å². The van der Waals surface area contributed by atoms with Crippen molar-refractivity contribution in [2.45, 2.75) is 18.2 Å². The summed E-state index contributed by atoms with van der Waals surface area (Å²) >= 11 is 0. The summed E-state index contributed by atoms with van der Waals surface area (Å²) in [6, 6.07) is 1.36. The van der Waals surface area contributed by atoms with E-state index in [1.807, 2.05) is 0 Å². The monoisotopic (exact) mass is 261 g/mol. The molecule has 8 heteroatoms. The van der Waals surface area contributed by atoms with Crippen molar-refractivity contribution in [3.8, 4) is 0 Å². The maximum atomic E-state index is 12.6. The second-order valence-electron chi connectivity index (χ2n) is 4.14. The van der Waals surface area contributed by atoms with Crippen LogP contribution in [0.1, 0.15) is 16.8 Å². The Bertz CT molecular complexity index is 451. The predicted octanol–water partition coefficient (Wildman–Crippen LogP) is 0.616. The molecule has 0 radical (unpaired) electrons. The van der Waals surface area contributed by atoms with E-state index in [1.165, 1.54) is 18.5 Å². The molecule has 1 aliphatic heterocycles. The van der Waals surface area contributed by atoms with Crippen molar-refractivity contribution >= 4 is 5.91 Å². The molecule has 1 saturated heterocycles. The molecule has 2 rings (SSSR count). The smallest absolute Gasteiger partial charge is 0.379 e. The number of carbonyl (C=O) groups excluding carboxylic acids is 1. The highest BCUT2D eigenvalue weighted by Crippen LogP contribution is 2.37. The topological polar surface area (TPSA) is 66.3 Å². The summed E-state index contributed by atoms with van der Waals surface area (Å²) in [5.74, 6) is -0.593. The summed E-state index contributed by atoms with van der Waals surface area (Å²) in [7, 11) is 0. The average molecular weight is 261 g/mol. The van der Waals surface area contributed by atoms with E-state index in [4.69, 9.17) is 0 Å². The van der Waals surface area contributed by atoms with Crippen LogP contribution in [0, 0.1) is 0 Å². The van der Waals surface area contributed by atoms with Crippen LogP contribution in [0.5, 0.6) is 0 Å². The highest BCUT2D eigenvalue weighted by Gasteiger charge is 2.57. The van der Waals surface area contributed by atoms with Crippen LogP contribution in [0.25, 0.3) is 0 Å². The number of halogens is 3. The first-order valence-electron chi connectivity index (χ1n) is 5.18. The first-order chi connectivity index (χ1) is 8.33. The molecule has 0 aliphatic carbocycles. The molecule has 1 unspecified atom stereocenters. The molecule has 98 valence electrons. The quantitative estimate of drug-likeness (QED) is 0.804. The Morgan fingerprint density at radius 1 is 1.44 bits per heavy atom. The van der Waals surface area contributed by atoms with Crippen molar-refractivity contribution in [2.75, 3.05) is 13.1 Å². The molecule has 1 aromatic heterocycles. The Labute approximate surface area is 100 Å². The Morgan fingerprint density at radius 3 is 2.67 bits per heavy atom. The molecule has 0 aromatic carbocycles. The molecule has 1 aliphatic rings. The summed E-state index contributed by atoms with van der Waals surface area (Å²) < 4.78 is 37.7. The first-order valence-corrected chi connectivity index (χ1v) is 5.18. The van der Waals surface area contributed by atoms with Gasteiger partial charge in [-0.2, -0.15) is 23.4 Å². The molecule has 1 fully saturated rings. The van der Waals surface area contributed by atoms with E-state index in [-0.39, 0.29) is 12.1 Å². The van der Waals surface area contributed by atoms with Crippen molar-refractivity contribution in [3.05, 3.63) is 24.0 Å². The summed E-state index contributed by atoms with van der Waals surface area (Å²) in [5.41, 5.74) is -2.67. The molecule has 0 bridgehead atoms. The third kappa shape index (κ3) is 2.15. The molecular formula is C10H10F3N3O2. The van der Waals surface area contributed by atoms with Gasteiger partial charge >= 0.3 is 6.18 Å². The molecule has 1 aromatic rings. The lowest BCUT2D eigenvalue weighted by atomic mass is 10.0. The fourth-order valence-electron chi connectivity index (χ4n) is 1.80. The van der Waals surface area contributed by atoms with Crippen molar-refractivity contribution in [1.29, 1.82) is 0 Å². The second kappa shape index (κ2) is 4.20. The average Bonchev–Trinajstić information content (AvgIpc) is 2.73. The van der Waals surface area contributed by atoms with E-state index in [0.717, 1.165) is 4.90 Å². The van der Waals surface area contributed by atoms with Gasteiger partial charge in [0.25, 0.3) is 5.91 Å². The number of aliphatic hydroxyl groups is 1. The van der Waals surface area contributed by atoms with E-state index in [9.17, 15) is 23.1 Å². The zero-order valence-corrected chi connectivity index (χ0v) is 9.18. The van der Waals surface area contributed by atoms with Crippen LogP contribution in [-0.4, -0.2) is 51.0 Å². The van der Waals surface area contributed by atoms with Gasteiger partial charge in [-0.25, -0.2) is 0 Å². The van der Waals surface area contributed by atoms with Crippen LogP contribution in [0.2, 0.25) is 0 Å². The number of rotatable bonds is 1. The van der Waals surface area contributed by atoms with E-state index >= 15 is 0 Å². The minimum absolute atomic E-state index is 0.142. The standard InChI is InChI=1S/C10H10F3N3O2/c11-10(12,13)9(18)2-4-16(6-9)8(17)7-1-3-14-15-5-7/h1,3,5,18H,2,4,6H2. The number of aromatic nitrogens is 2. The SMILES string of the molecule is O=C(c1ccnnc1)N1CCC(O)(C(F)(F)F)C1. The third-order valence-corrected chi connectivity index (χ3v) is 2.89. The third-order valence-electron chi connectivity index (χ3n) is 2.89. The molecular weight excluding hydrogens is 251 g/mol. The number of hydrogen-bond donors (Lipinski definition) is 1. The van der Waals surface area contributed by atoms with Crippen molar-refractivity contribution in [2.24, 2.45) is 0 Å². The number of hydrogen-bond acceptors (Lipinski definition) is 4. The van der Waals surface area contributed by atoms with Gasteiger partial charge in [-0.1, -0.05) is 0 Å². The van der Waals surface area contributed by atoms with Gasteiger partial charge in [0.15, 0.2) is 5.60 Å². The predicted molar refractivity (Wildman–Crippen MR) is 53.6 cm³/mol. The molecule has 18 heavy (non-hydrogen) atoms. The van der Waals surface area contributed by atoms with Gasteiger partial charge in [0.2, 0.25) is 0 Å². The summed E-state index contributed by atoms with van der Waals surface area (Å²) in [4.78, 5) is 12.8. The van der Waals surface area contributed by atoms with Crippen LogP contribution in [0.15, 0.2) is 18.5 Å². The van der Waals surface area contributed by atoms with Gasteiger partial charge in [-0.3, -0.25) is 4.79 Å². The zero-order chi connectivity index (χ0) is 13.4. The van der Waals surface area contributed by atoms with Gasteiger partial charge in [0.05, 0.1) is 24.5 Å². The summed E-state index contributed by atoms with van der Waals surface area (Å²) in [6.45, 7) is -0.894. The Hall–Kier alpha value is -1.70. The van der Waals surface area contributed by atoms with Gasteiger partial charge in [0, 0.05) is 13.0 Å². The fourth-order valence-corrected chi connectivity index (χ4v) is 1.80.